The molecule has 1 amide bonds. The number of anilines is 1. The molecule has 104 valence electrons. The van der Waals surface area contributed by atoms with Crippen molar-refractivity contribution >= 4 is 21.4 Å². The molecule has 1 heterocycles. The van der Waals surface area contributed by atoms with Gasteiger partial charge in [0.25, 0.3) is 0 Å². The van der Waals surface area contributed by atoms with Crippen LogP contribution < -0.4 is 10.2 Å². The molecule has 1 aromatic rings. The van der Waals surface area contributed by atoms with Crippen LogP contribution in [0.3, 0.4) is 0 Å². The Morgan fingerprint density at radius 1 is 1.42 bits per heavy atom. The smallest absolute Gasteiger partial charge is 0.231 e. The zero-order valence-electron chi connectivity index (χ0n) is 11.3. The number of fused-ring (bicyclic) bond motifs is 1. The topological polar surface area (TPSA) is 66.5 Å². The lowest BCUT2D eigenvalue weighted by Gasteiger charge is -2.17. The summed E-state index contributed by atoms with van der Waals surface area (Å²) in [6.45, 7) is 0. The van der Waals surface area contributed by atoms with Crippen LogP contribution in [0.4, 0.5) is 5.69 Å². The summed E-state index contributed by atoms with van der Waals surface area (Å²) in [6.07, 6.45) is 1.61. The molecule has 0 fully saturated rings. The zero-order valence-corrected chi connectivity index (χ0v) is 12.1. The first-order valence-corrected chi connectivity index (χ1v) is 8.12. The summed E-state index contributed by atoms with van der Waals surface area (Å²) in [4.78, 5) is 13.3. The van der Waals surface area contributed by atoms with E-state index < -0.39 is 9.84 Å². The van der Waals surface area contributed by atoms with Crippen LogP contribution >= 0.6 is 0 Å². The molecule has 1 aromatic carbocycles. The van der Waals surface area contributed by atoms with E-state index in [1.807, 2.05) is 18.2 Å². The summed E-state index contributed by atoms with van der Waals surface area (Å²) in [7, 11) is 0.427. The molecule has 2 rings (SSSR count). The van der Waals surface area contributed by atoms with Gasteiger partial charge in [-0.25, -0.2) is 8.42 Å². The van der Waals surface area contributed by atoms with Gasteiger partial charge in [0.2, 0.25) is 5.91 Å². The fourth-order valence-corrected chi connectivity index (χ4v) is 3.32. The Hall–Kier alpha value is -1.40. The molecule has 0 saturated heterocycles. The van der Waals surface area contributed by atoms with Crippen molar-refractivity contribution in [1.29, 1.82) is 0 Å². The molecule has 0 aromatic heterocycles. The molecule has 1 aliphatic rings. The first-order valence-electron chi connectivity index (χ1n) is 6.06. The van der Waals surface area contributed by atoms with Crippen LogP contribution in [0.1, 0.15) is 17.2 Å². The molecule has 1 atom stereocenters. The molecule has 0 radical (unpaired) electrons. The normalized spacial score (nSPS) is 16.6. The number of carbonyl (C=O) groups excluding carboxylic acids is 1. The van der Waals surface area contributed by atoms with Gasteiger partial charge in [-0.2, -0.15) is 0 Å². The van der Waals surface area contributed by atoms with E-state index in [-0.39, 0.29) is 17.7 Å². The van der Waals surface area contributed by atoms with Crippen molar-refractivity contribution in [2.75, 3.05) is 31.0 Å². The molecule has 1 N–H and O–H groups in total. The molecule has 0 bridgehead atoms. The molecule has 6 heteroatoms. The van der Waals surface area contributed by atoms with E-state index in [1.54, 1.807) is 19.0 Å². The highest BCUT2D eigenvalue weighted by Gasteiger charge is 2.25. The molecule has 0 aliphatic carbocycles. The summed E-state index contributed by atoms with van der Waals surface area (Å²) in [5.74, 6) is 0.114. The number of carbonyl (C=O) groups is 1. The predicted octanol–water partition coefficient (Wildman–Crippen LogP) is 0.511. The van der Waals surface area contributed by atoms with E-state index in [0.717, 1.165) is 16.8 Å². The van der Waals surface area contributed by atoms with Crippen LogP contribution in [-0.2, 0) is 21.1 Å². The van der Waals surface area contributed by atoms with Crippen molar-refractivity contribution in [2.24, 2.45) is 0 Å². The van der Waals surface area contributed by atoms with Gasteiger partial charge >= 0.3 is 0 Å². The standard InChI is InChI=1S/C13H18N2O3S/c1-14-11(8-19(3,17)18)9-4-5-12-10(6-9)7-13(16)15(12)2/h4-6,11,14H,7-8H2,1-3H3. The van der Waals surface area contributed by atoms with Gasteiger partial charge in [-0.1, -0.05) is 12.1 Å². The molecule has 19 heavy (non-hydrogen) atoms. The van der Waals surface area contributed by atoms with Crippen LogP contribution in [0.15, 0.2) is 18.2 Å². The van der Waals surface area contributed by atoms with E-state index in [4.69, 9.17) is 0 Å². The van der Waals surface area contributed by atoms with Crippen molar-refractivity contribution in [2.45, 2.75) is 12.5 Å². The Kier molecular flexibility index (Phi) is 3.64. The van der Waals surface area contributed by atoms with Gasteiger partial charge in [0.05, 0.1) is 12.2 Å². The number of benzene rings is 1. The highest BCUT2D eigenvalue weighted by Crippen LogP contribution is 2.30. The van der Waals surface area contributed by atoms with Crippen LogP contribution in [-0.4, -0.2) is 40.4 Å². The first-order chi connectivity index (χ1) is 8.81. The lowest BCUT2D eigenvalue weighted by Crippen LogP contribution is -2.24. The fraction of sp³-hybridized carbons (Fsp3) is 0.462. The SMILES string of the molecule is CNC(CS(C)(=O)=O)c1ccc2c(c1)CC(=O)N2C. The van der Waals surface area contributed by atoms with Gasteiger partial charge in [-0.15, -0.1) is 0 Å². The third-order valence-electron chi connectivity index (χ3n) is 3.40. The molecule has 1 unspecified atom stereocenters. The second kappa shape index (κ2) is 4.94. The summed E-state index contributed by atoms with van der Waals surface area (Å²) >= 11 is 0. The molecule has 1 aliphatic heterocycles. The average molecular weight is 282 g/mol. The Bertz CT molecular complexity index is 610. The van der Waals surface area contributed by atoms with Crippen molar-refractivity contribution < 1.29 is 13.2 Å². The first kappa shape index (κ1) is 14.0. The third kappa shape index (κ3) is 2.96. The monoisotopic (exact) mass is 282 g/mol. The van der Waals surface area contributed by atoms with Crippen LogP contribution in [0.2, 0.25) is 0 Å². The number of nitrogens with one attached hydrogen (secondary N) is 1. The quantitative estimate of drug-likeness (QED) is 0.874. The molecule has 0 spiro atoms. The Balaban J connectivity index is 2.32. The van der Waals surface area contributed by atoms with Crippen molar-refractivity contribution in [3.8, 4) is 0 Å². The summed E-state index contributed by atoms with van der Waals surface area (Å²) in [5.41, 5.74) is 2.76. The van der Waals surface area contributed by atoms with Crippen LogP contribution in [0, 0.1) is 0 Å². The van der Waals surface area contributed by atoms with Gasteiger partial charge in [-0.3, -0.25) is 4.79 Å². The maximum atomic E-state index is 11.6. The minimum Gasteiger partial charge on any atom is -0.315 e. The predicted molar refractivity (Wildman–Crippen MR) is 75.1 cm³/mol. The minimum absolute atomic E-state index is 0.0477. The number of likely N-dealkylation sites (N-methyl/N-ethyl adjacent to an activating group) is 1. The van der Waals surface area contributed by atoms with Gasteiger partial charge in [0.15, 0.2) is 0 Å². The maximum Gasteiger partial charge on any atom is 0.231 e. The van der Waals surface area contributed by atoms with E-state index in [1.165, 1.54) is 6.26 Å². The van der Waals surface area contributed by atoms with Gasteiger partial charge in [0, 0.05) is 25.0 Å². The van der Waals surface area contributed by atoms with Crippen LogP contribution in [0.25, 0.3) is 0 Å². The van der Waals surface area contributed by atoms with E-state index in [2.05, 4.69) is 5.32 Å². The molecular formula is C13H18N2O3S. The van der Waals surface area contributed by atoms with Gasteiger partial charge < -0.3 is 10.2 Å². The van der Waals surface area contributed by atoms with E-state index in [9.17, 15) is 13.2 Å². The maximum absolute atomic E-state index is 11.6. The number of sulfone groups is 1. The lowest BCUT2D eigenvalue weighted by molar-refractivity contribution is -0.117. The average Bonchev–Trinajstić information content (AvgIpc) is 2.60. The second-order valence-electron chi connectivity index (χ2n) is 4.95. The number of rotatable bonds is 4. The molecule has 5 nitrogen and oxygen atoms in total. The summed E-state index contributed by atoms with van der Waals surface area (Å²) in [5, 5.41) is 3.01. The largest absolute Gasteiger partial charge is 0.315 e. The van der Waals surface area contributed by atoms with Gasteiger partial charge in [0.1, 0.15) is 9.84 Å². The molecular weight excluding hydrogens is 264 g/mol. The number of nitrogens with zero attached hydrogens (tertiary/aromatic N) is 1. The summed E-state index contributed by atoms with van der Waals surface area (Å²) < 4.78 is 22.8. The highest BCUT2D eigenvalue weighted by atomic mass is 32.2. The lowest BCUT2D eigenvalue weighted by atomic mass is 10.0. The van der Waals surface area contributed by atoms with E-state index >= 15 is 0 Å². The second-order valence-corrected chi connectivity index (χ2v) is 7.14. The third-order valence-corrected chi connectivity index (χ3v) is 4.34. The number of amides is 1. The Morgan fingerprint density at radius 2 is 2.11 bits per heavy atom. The van der Waals surface area contributed by atoms with Crippen molar-refractivity contribution in [1.82, 2.24) is 5.32 Å². The summed E-state index contributed by atoms with van der Waals surface area (Å²) in [6, 6.07) is 5.42. The number of hydrogen-bond donors (Lipinski definition) is 1. The van der Waals surface area contributed by atoms with Gasteiger partial charge in [-0.05, 0) is 24.2 Å². The highest BCUT2D eigenvalue weighted by molar-refractivity contribution is 7.90. The Morgan fingerprint density at radius 3 is 2.68 bits per heavy atom. The Labute approximate surface area is 113 Å². The van der Waals surface area contributed by atoms with Crippen molar-refractivity contribution in [3.63, 3.8) is 0 Å². The fourth-order valence-electron chi connectivity index (χ4n) is 2.36. The van der Waals surface area contributed by atoms with Crippen molar-refractivity contribution in [3.05, 3.63) is 29.3 Å². The zero-order chi connectivity index (χ0) is 14.2. The van der Waals surface area contributed by atoms with E-state index in [0.29, 0.717) is 6.42 Å². The minimum atomic E-state index is -3.06. The van der Waals surface area contributed by atoms with Crippen LogP contribution in [0.5, 0.6) is 0 Å². The molecule has 0 saturated carbocycles. The number of hydrogen-bond acceptors (Lipinski definition) is 4.